The molecule has 1 saturated heterocycles. The number of halogens is 2. The third-order valence-electron chi connectivity index (χ3n) is 4.49. The van der Waals surface area contributed by atoms with Gasteiger partial charge in [0.25, 0.3) is 0 Å². The number of carbonyl (C=O) groups excluding carboxylic acids is 2. The molecule has 28 heavy (non-hydrogen) atoms. The Morgan fingerprint density at radius 2 is 1.79 bits per heavy atom. The largest absolute Gasteiger partial charge is 0.347 e. The van der Waals surface area contributed by atoms with Gasteiger partial charge in [0.15, 0.2) is 0 Å². The molecule has 0 aromatic heterocycles. The van der Waals surface area contributed by atoms with Crippen molar-refractivity contribution >= 4 is 21.8 Å². The van der Waals surface area contributed by atoms with Crippen LogP contribution in [-0.2, 0) is 19.6 Å². The van der Waals surface area contributed by atoms with Crippen LogP contribution in [0.4, 0.5) is 8.78 Å². The van der Waals surface area contributed by atoms with E-state index in [0.29, 0.717) is 18.4 Å². The molecule has 10 heteroatoms. The molecule has 0 radical (unpaired) electrons. The highest BCUT2D eigenvalue weighted by atomic mass is 32.2. The minimum atomic E-state index is -4.19. The quantitative estimate of drug-likeness (QED) is 0.726. The first kappa shape index (κ1) is 22.2. The normalized spacial score (nSPS) is 15.7. The lowest BCUT2D eigenvalue weighted by Crippen LogP contribution is -2.52. The summed E-state index contributed by atoms with van der Waals surface area (Å²) in [5.74, 6) is -2.00. The molecule has 1 fully saturated rings. The molecule has 0 saturated carbocycles. The van der Waals surface area contributed by atoms with Crippen LogP contribution in [0.25, 0.3) is 0 Å². The van der Waals surface area contributed by atoms with Crippen LogP contribution >= 0.6 is 0 Å². The van der Waals surface area contributed by atoms with Crippen LogP contribution in [0.1, 0.15) is 26.7 Å². The van der Waals surface area contributed by atoms with E-state index >= 15 is 0 Å². The molecule has 1 aliphatic rings. The summed E-state index contributed by atoms with van der Waals surface area (Å²) in [6.45, 7) is 4.00. The van der Waals surface area contributed by atoms with Crippen molar-refractivity contribution in [3.8, 4) is 0 Å². The Balaban J connectivity index is 1.89. The van der Waals surface area contributed by atoms with E-state index in [2.05, 4.69) is 5.32 Å². The molecule has 1 aliphatic heterocycles. The number of hydrogen-bond donors (Lipinski definition) is 1. The van der Waals surface area contributed by atoms with E-state index in [0.717, 1.165) is 22.9 Å². The molecule has 1 aromatic carbocycles. The van der Waals surface area contributed by atoms with Crippen molar-refractivity contribution < 1.29 is 26.8 Å². The molecule has 0 bridgehead atoms. The lowest BCUT2D eigenvalue weighted by molar-refractivity contribution is -0.133. The van der Waals surface area contributed by atoms with E-state index in [-0.39, 0.29) is 44.5 Å². The van der Waals surface area contributed by atoms with Crippen molar-refractivity contribution in [2.24, 2.45) is 5.92 Å². The van der Waals surface area contributed by atoms with Gasteiger partial charge in [-0.3, -0.25) is 9.59 Å². The fourth-order valence-corrected chi connectivity index (χ4v) is 4.28. The van der Waals surface area contributed by atoms with Crippen LogP contribution in [0.5, 0.6) is 0 Å². The topological polar surface area (TPSA) is 86.8 Å². The van der Waals surface area contributed by atoms with Gasteiger partial charge < -0.3 is 10.2 Å². The van der Waals surface area contributed by atoms with Crippen LogP contribution in [0.15, 0.2) is 23.1 Å². The summed E-state index contributed by atoms with van der Waals surface area (Å²) >= 11 is 0. The summed E-state index contributed by atoms with van der Waals surface area (Å²) in [5, 5.41) is 2.56. The Kier molecular flexibility index (Phi) is 7.48. The molecule has 2 rings (SSSR count). The van der Waals surface area contributed by atoms with Gasteiger partial charge in [-0.05, 0) is 30.5 Å². The fraction of sp³-hybridized carbons (Fsp3) is 0.556. The van der Waals surface area contributed by atoms with E-state index in [1.807, 2.05) is 13.8 Å². The number of nitrogens with zero attached hydrogens (tertiary/aromatic N) is 2. The van der Waals surface area contributed by atoms with Crippen LogP contribution in [-0.4, -0.2) is 62.2 Å². The zero-order valence-corrected chi connectivity index (χ0v) is 16.8. The van der Waals surface area contributed by atoms with E-state index < -0.39 is 26.6 Å². The molecule has 1 heterocycles. The number of nitrogens with one attached hydrogen (secondary N) is 1. The predicted molar refractivity (Wildman–Crippen MR) is 98.8 cm³/mol. The number of hydrogen-bond acceptors (Lipinski definition) is 4. The van der Waals surface area contributed by atoms with Gasteiger partial charge in [0.05, 0.1) is 6.54 Å². The van der Waals surface area contributed by atoms with Crippen molar-refractivity contribution in [2.75, 3.05) is 32.7 Å². The smallest absolute Gasteiger partial charge is 0.246 e. The number of sulfonamides is 1. The Labute approximate surface area is 163 Å². The van der Waals surface area contributed by atoms with E-state index in [1.165, 1.54) is 4.90 Å². The maximum absolute atomic E-state index is 13.8. The average molecular weight is 417 g/mol. The highest BCUT2D eigenvalue weighted by Gasteiger charge is 2.32. The van der Waals surface area contributed by atoms with Crippen molar-refractivity contribution in [3.05, 3.63) is 29.8 Å². The Morgan fingerprint density at radius 1 is 1.14 bits per heavy atom. The average Bonchev–Trinajstić information content (AvgIpc) is 2.66. The van der Waals surface area contributed by atoms with Gasteiger partial charge in [0.2, 0.25) is 21.8 Å². The molecule has 156 valence electrons. The number of carbonyl (C=O) groups is 2. The highest BCUT2D eigenvalue weighted by molar-refractivity contribution is 7.89. The van der Waals surface area contributed by atoms with Crippen LogP contribution in [0.3, 0.4) is 0 Å². The summed E-state index contributed by atoms with van der Waals surface area (Å²) < 4.78 is 53.3. The summed E-state index contributed by atoms with van der Waals surface area (Å²) in [6, 6.07) is 2.26. The minimum Gasteiger partial charge on any atom is -0.347 e. The minimum absolute atomic E-state index is 0.0364. The van der Waals surface area contributed by atoms with E-state index in [4.69, 9.17) is 0 Å². The zero-order valence-electron chi connectivity index (χ0n) is 16.0. The number of benzene rings is 1. The molecule has 7 nitrogen and oxygen atoms in total. The first-order chi connectivity index (χ1) is 13.1. The molecule has 1 aromatic rings. The Morgan fingerprint density at radius 3 is 2.39 bits per heavy atom. The summed E-state index contributed by atoms with van der Waals surface area (Å²) in [5.41, 5.74) is 0. The second kappa shape index (κ2) is 9.42. The second-order valence-electron chi connectivity index (χ2n) is 7.07. The monoisotopic (exact) mass is 417 g/mol. The first-order valence-corrected chi connectivity index (χ1v) is 10.5. The van der Waals surface area contributed by atoms with E-state index in [1.54, 1.807) is 0 Å². The van der Waals surface area contributed by atoms with E-state index in [9.17, 15) is 26.8 Å². The van der Waals surface area contributed by atoms with Crippen LogP contribution in [0.2, 0.25) is 0 Å². The van der Waals surface area contributed by atoms with Crippen molar-refractivity contribution in [1.82, 2.24) is 14.5 Å². The molecule has 1 N–H and O–H groups in total. The lowest BCUT2D eigenvalue weighted by Gasteiger charge is -2.34. The van der Waals surface area contributed by atoms with Crippen LogP contribution < -0.4 is 5.32 Å². The summed E-state index contributed by atoms with van der Waals surface area (Å²) in [6.07, 6.45) is 1.07. The summed E-state index contributed by atoms with van der Waals surface area (Å²) in [7, 11) is -4.19. The second-order valence-corrected chi connectivity index (χ2v) is 8.98. The van der Waals surface area contributed by atoms with Gasteiger partial charge in [0, 0.05) is 32.6 Å². The van der Waals surface area contributed by atoms with Crippen molar-refractivity contribution in [2.45, 2.75) is 31.6 Å². The van der Waals surface area contributed by atoms with Crippen molar-refractivity contribution in [3.63, 3.8) is 0 Å². The Hall–Kier alpha value is -2.07. The molecule has 2 amide bonds. The van der Waals surface area contributed by atoms with Crippen LogP contribution in [0, 0.1) is 17.6 Å². The molecule has 0 unspecified atom stereocenters. The standard InChI is InChI=1S/C18H25F2N3O4S/c1-13(2)3-6-17(24)21-12-18(25)22-7-9-23(10-8-22)28(26,27)16-11-14(19)4-5-15(16)20/h4-5,11,13H,3,6-10,12H2,1-2H3,(H,21,24). The summed E-state index contributed by atoms with van der Waals surface area (Å²) in [4.78, 5) is 24.6. The number of piperazine rings is 1. The van der Waals surface area contributed by atoms with Gasteiger partial charge in [-0.25, -0.2) is 17.2 Å². The molecular formula is C18H25F2N3O4S. The zero-order chi connectivity index (χ0) is 20.9. The molecule has 0 aliphatic carbocycles. The maximum atomic E-state index is 13.8. The highest BCUT2D eigenvalue weighted by Crippen LogP contribution is 2.21. The SMILES string of the molecule is CC(C)CCC(=O)NCC(=O)N1CCN(S(=O)(=O)c2cc(F)ccc2F)CC1. The van der Waals surface area contributed by atoms with Crippen molar-refractivity contribution in [1.29, 1.82) is 0 Å². The van der Waals surface area contributed by atoms with Gasteiger partial charge in [-0.2, -0.15) is 4.31 Å². The Bertz CT molecular complexity index is 822. The van der Waals surface area contributed by atoms with Gasteiger partial charge >= 0.3 is 0 Å². The fourth-order valence-electron chi connectivity index (χ4n) is 2.79. The maximum Gasteiger partial charge on any atom is 0.246 e. The lowest BCUT2D eigenvalue weighted by atomic mass is 10.1. The van der Waals surface area contributed by atoms with Gasteiger partial charge in [-0.15, -0.1) is 0 Å². The molecule has 0 spiro atoms. The predicted octanol–water partition coefficient (Wildman–Crippen LogP) is 1.35. The van der Waals surface area contributed by atoms with Gasteiger partial charge in [-0.1, -0.05) is 13.8 Å². The molecule has 0 atom stereocenters. The van der Waals surface area contributed by atoms with Gasteiger partial charge in [0.1, 0.15) is 16.5 Å². The number of rotatable bonds is 7. The number of amides is 2. The molecular weight excluding hydrogens is 392 g/mol. The third kappa shape index (κ3) is 5.71. The first-order valence-electron chi connectivity index (χ1n) is 9.11. The third-order valence-corrected chi connectivity index (χ3v) is 6.40.